The number of hydrogen-bond acceptors (Lipinski definition) is 6. The highest BCUT2D eigenvalue weighted by Crippen LogP contribution is 2.27. The molecule has 1 saturated heterocycles. The average Bonchev–Trinajstić information content (AvgIpc) is 3.04. The number of nitrogens with zero attached hydrogens (tertiary/aromatic N) is 4. The van der Waals surface area contributed by atoms with Crippen LogP contribution < -0.4 is 5.32 Å². The summed E-state index contributed by atoms with van der Waals surface area (Å²) in [5.41, 5.74) is 0.924. The molecule has 2 aromatic rings. The molecule has 3 heterocycles. The molecule has 1 N–H and O–H groups in total. The van der Waals surface area contributed by atoms with Gasteiger partial charge in [-0.25, -0.2) is 0 Å². The number of hydrogen-bond donors (Lipinski definition) is 1. The summed E-state index contributed by atoms with van der Waals surface area (Å²) in [6, 6.07) is 3.70. The van der Waals surface area contributed by atoms with Crippen LogP contribution in [0.4, 0.5) is 5.13 Å². The van der Waals surface area contributed by atoms with Crippen molar-refractivity contribution >= 4 is 28.3 Å². The fourth-order valence-corrected chi connectivity index (χ4v) is 3.30. The van der Waals surface area contributed by atoms with Crippen molar-refractivity contribution in [1.29, 1.82) is 0 Å². The highest BCUT2D eigenvalue weighted by molar-refractivity contribution is 7.18. The van der Waals surface area contributed by atoms with E-state index in [1.54, 1.807) is 24.2 Å². The van der Waals surface area contributed by atoms with Gasteiger partial charge in [0, 0.05) is 43.9 Å². The van der Waals surface area contributed by atoms with Crippen LogP contribution in [0.15, 0.2) is 24.5 Å². The van der Waals surface area contributed by atoms with Gasteiger partial charge in [0.05, 0.1) is 0 Å². The summed E-state index contributed by atoms with van der Waals surface area (Å²) < 4.78 is 0. The summed E-state index contributed by atoms with van der Waals surface area (Å²) in [5, 5.41) is 12.2. The van der Waals surface area contributed by atoms with E-state index in [1.807, 2.05) is 12.1 Å². The second-order valence-electron chi connectivity index (χ2n) is 5.42. The Morgan fingerprint density at radius 2 is 1.91 bits per heavy atom. The molecule has 0 aromatic carbocycles. The lowest BCUT2D eigenvalue weighted by atomic mass is 9.96. The van der Waals surface area contributed by atoms with Crippen LogP contribution in [0.1, 0.15) is 19.8 Å². The molecular formula is C15H17N5O2S. The van der Waals surface area contributed by atoms with Crippen LogP contribution in [0.5, 0.6) is 0 Å². The van der Waals surface area contributed by atoms with Crippen molar-refractivity contribution in [2.45, 2.75) is 19.8 Å². The van der Waals surface area contributed by atoms with Crippen LogP contribution in [0, 0.1) is 5.92 Å². The number of amides is 2. The molecule has 0 radical (unpaired) electrons. The summed E-state index contributed by atoms with van der Waals surface area (Å²) >= 11 is 1.34. The van der Waals surface area contributed by atoms with Gasteiger partial charge < -0.3 is 10.2 Å². The zero-order valence-corrected chi connectivity index (χ0v) is 13.5. The van der Waals surface area contributed by atoms with Crippen molar-refractivity contribution in [3.8, 4) is 10.6 Å². The lowest BCUT2D eigenvalue weighted by molar-refractivity contribution is -0.132. The van der Waals surface area contributed by atoms with Gasteiger partial charge >= 0.3 is 0 Å². The van der Waals surface area contributed by atoms with E-state index in [0.29, 0.717) is 31.1 Å². The first kappa shape index (κ1) is 15.5. The van der Waals surface area contributed by atoms with Crippen molar-refractivity contribution in [2.75, 3.05) is 18.4 Å². The molecule has 1 aliphatic heterocycles. The molecule has 0 spiro atoms. The lowest BCUT2D eigenvalue weighted by Crippen LogP contribution is -2.40. The normalized spacial score (nSPS) is 15.4. The van der Waals surface area contributed by atoms with E-state index < -0.39 is 0 Å². The maximum Gasteiger partial charge on any atom is 0.229 e. The van der Waals surface area contributed by atoms with E-state index in [1.165, 1.54) is 11.3 Å². The molecule has 0 saturated carbocycles. The Morgan fingerprint density at radius 3 is 2.57 bits per heavy atom. The summed E-state index contributed by atoms with van der Waals surface area (Å²) in [6.07, 6.45) is 4.75. The Hall–Kier alpha value is -2.35. The Labute approximate surface area is 137 Å². The summed E-state index contributed by atoms with van der Waals surface area (Å²) in [5.74, 6) is -0.0699. The number of carbonyl (C=O) groups is 2. The molecule has 0 bridgehead atoms. The monoisotopic (exact) mass is 331 g/mol. The maximum atomic E-state index is 12.3. The van der Waals surface area contributed by atoms with E-state index in [-0.39, 0.29) is 17.7 Å². The van der Waals surface area contributed by atoms with Crippen LogP contribution in [0.3, 0.4) is 0 Å². The quantitative estimate of drug-likeness (QED) is 0.926. The maximum absolute atomic E-state index is 12.3. The molecule has 23 heavy (non-hydrogen) atoms. The van der Waals surface area contributed by atoms with Gasteiger partial charge in [0.15, 0.2) is 0 Å². The lowest BCUT2D eigenvalue weighted by Gasteiger charge is -2.30. The molecule has 1 fully saturated rings. The fraction of sp³-hybridized carbons (Fsp3) is 0.400. The van der Waals surface area contributed by atoms with Gasteiger partial charge in [-0.15, -0.1) is 10.2 Å². The van der Waals surface area contributed by atoms with Crippen molar-refractivity contribution in [2.24, 2.45) is 5.92 Å². The molecule has 0 aliphatic carbocycles. The Balaban J connectivity index is 1.59. The van der Waals surface area contributed by atoms with Gasteiger partial charge in [0.2, 0.25) is 16.9 Å². The molecule has 2 aromatic heterocycles. The number of pyridine rings is 1. The molecule has 8 heteroatoms. The second-order valence-corrected chi connectivity index (χ2v) is 6.40. The molecule has 3 rings (SSSR count). The van der Waals surface area contributed by atoms with Gasteiger partial charge in [-0.1, -0.05) is 11.3 Å². The minimum Gasteiger partial charge on any atom is -0.343 e. The van der Waals surface area contributed by atoms with E-state index in [4.69, 9.17) is 0 Å². The second kappa shape index (κ2) is 6.82. The van der Waals surface area contributed by atoms with Crippen LogP contribution in [-0.2, 0) is 9.59 Å². The molecule has 120 valence electrons. The molecular weight excluding hydrogens is 314 g/mol. The zero-order valence-electron chi connectivity index (χ0n) is 12.7. The number of rotatable bonds is 3. The predicted molar refractivity (Wildman–Crippen MR) is 86.7 cm³/mol. The zero-order chi connectivity index (χ0) is 16.2. The summed E-state index contributed by atoms with van der Waals surface area (Å²) in [6.45, 7) is 2.82. The first-order chi connectivity index (χ1) is 11.1. The minimum absolute atomic E-state index is 0.0503. The van der Waals surface area contributed by atoms with Crippen LogP contribution in [-0.4, -0.2) is 45.0 Å². The van der Waals surface area contributed by atoms with Gasteiger partial charge in [-0.05, 0) is 25.0 Å². The molecule has 0 atom stereocenters. The van der Waals surface area contributed by atoms with Gasteiger partial charge in [0.1, 0.15) is 5.01 Å². The highest BCUT2D eigenvalue weighted by atomic mass is 32.1. The van der Waals surface area contributed by atoms with Crippen LogP contribution >= 0.6 is 11.3 Å². The molecule has 1 aliphatic rings. The average molecular weight is 331 g/mol. The van der Waals surface area contributed by atoms with E-state index in [9.17, 15) is 9.59 Å². The first-order valence-corrected chi connectivity index (χ1v) is 8.25. The largest absolute Gasteiger partial charge is 0.343 e. The third kappa shape index (κ3) is 3.70. The van der Waals surface area contributed by atoms with Gasteiger partial charge in [-0.2, -0.15) is 0 Å². The summed E-state index contributed by atoms with van der Waals surface area (Å²) in [4.78, 5) is 29.4. The topological polar surface area (TPSA) is 88.1 Å². The van der Waals surface area contributed by atoms with Crippen molar-refractivity contribution in [1.82, 2.24) is 20.1 Å². The predicted octanol–water partition coefficient (Wildman–Crippen LogP) is 1.80. The van der Waals surface area contributed by atoms with E-state index in [0.717, 1.165) is 10.6 Å². The highest BCUT2D eigenvalue weighted by Gasteiger charge is 2.26. The van der Waals surface area contributed by atoms with Crippen LogP contribution in [0.2, 0.25) is 0 Å². The standard InChI is InChI=1S/C15H17N5O2S/c1-10(21)20-8-4-11(5-9-20)13(22)17-15-19-18-14(23-15)12-2-6-16-7-3-12/h2-3,6-7,11H,4-5,8-9H2,1H3,(H,17,19,22). The van der Waals surface area contributed by atoms with Gasteiger partial charge in [0.25, 0.3) is 0 Å². The first-order valence-electron chi connectivity index (χ1n) is 7.44. The van der Waals surface area contributed by atoms with Crippen molar-refractivity contribution in [3.05, 3.63) is 24.5 Å². The number of anilines is 1. The number of likely N-dealkylation sites (tertiary alicyclic amines) is 1. The number of nitrogens with one attached hydrogen (secondary N) is 1. The Kier molecular flexibility index (Phi) is 4.61. The molecule has 7 nitrogen and oxygen atoms in total. The smallest absolute Gasteiger partial charge is 0.229 e. The van der Waals surface area contributed by atoms with E-state index in [2.05, 4.69) is 20.5 Å². The Morgan fingerprint density at radius 1 is 1.22 bits per heavy atom. The van der Waals surface area contributed by atoms with Crippen LogP contribution in [0.25, 0.3) is 10.6 Å². The third-order valence-electron chi connectivity index (χ3n) is 3.89. The number of carbonyl (C=O) groups excluding carboxylic acids is 2. The fourth-order valence-electron chi connectivity index (χ4n) is 2.55. The van der Waals surface area contributed by atoms with E-state index >= 15 is 0 Å². The number of aromatic nitrogens is 3. The SMILES string of the molecule is CC(=O)N1CCC(C(=O)Nc2nnc(-c3ccncc3)s2)CC1. The Bertz CT molecular complexity index is 695. The molecule has 2 amide bonds. The van der Waals surface area contributed by atoms with Gasteiger partial charge in [-0.3, -0.25) is 14.6 Å². The summed E-state index contributed by atoms with van der Waals surface area (Å²) in [7, 11) is 0. The minimum atomic E-state index is -0.0844. The number of piperidine rings is 1. The van der Waals surface area contributed by atoms with Crippen molar-refractivity contribution < 1.29 is 9.59 Å². The van der Waals surface area contributed by atoms with Crippen molar-refractivity contribution in [3.63, 3.8) is 0 Å². The molecule has 0 unspecified atom stereocenters. The third-order valence-corrected chi connectivity index (χ3v) is 4.78.